The molecule has 5 nitrogen and oxygen atoms in total. The van der Waals surface area contributed by atoms with E-state index in [2.05, 4.69) is 5.10 Å². The second kappa shape index (κ2) is 3.36. The SMILES string of the molecule is CCn1ncc(CO)c1C(=O)O. The third-order valence-electron chi connectivity index (χ3n) is 1.59. The first-order valence-electron chi connectivity index (χ1n) is 3.59. The first kappa shape index (κ1) is 8.73. The number of carboxylic acids is 1. The number of hydrogen-bond acceptors (Lipinski definition) is 3. The molecule has 0 aliphatic rings. The van der Waals surface area contributed by atoms with Crippen LogP contribution in [-0.2, 0) is 13.2 Å². The van der Waals surface area contributed by atoms with Crippen molar-refractivity contribution in [2.45, 2.75) is 20.1 Å². The summed E-state index contributed by atoms with van der Waals surface area (Å²) in [4.78, 5) is 10.6. The van der Waals surface area contributed by atoms with Crippen molar-refractivity contribution in [2.24, 2.45) is 0 Å². The van der Waals surface area contributed by atoms with Crippen LogP contribution in [0.1, 0.15) is 23.0 Å². The predicted octanol–water partition coefficient (Wildman–Crippen LogP) is 0.0935. The highest BCUT2D eigenvalue weighted by Gasteiger charge is 2.15. The molecular weight excluding hydrogens is 160 g/mol. The fraction of sp³-hybridized carbons (Fsp3) is 0.429. The van der Waals surface area contributed by atoms with Gasteiger partial charge in [0, 0.05) is 12.1 Å². The Morgan fingerprint density at radius 1 is 1.75 bits per heavy atom. The van der Waals surface area contributed by atoms with Gasteiger partial charge in [-0.05, 0) is 6.92 Å². The van der Waals surface area contributed by atoms with Crippen LogP contribution in [0.4, 0.5) is 0 Å². The van der Waals surface area contributed by atoms with Gasteiger partial charge in [0.2, 0.25) is 0 Å². The van der Waals surface area contributed by atoms with Crippen molar-refractivity contribution in [3.05, 3.63) is 17.5 Å². The Morgan fingerprint density at radius 2 is 2.42 bits per heavy atom. The van der Waals surface area contributed by atoms with Gasteiger partial charge in [0.25, 0.3) is 0 Å². The summed E-state index contributed by atoms with van der Waals surface area (Å²) in [5.74, 6) is -1.06. The zero-order valence-electron chi connectivity index (χ0n) is 6.69. The molecule has 66 valence electrons. The van der Waals surface area contributed by atoms with Gasteiger partial charge < -0.3 is 10.2 Å². The van der Waals surface area contributed by atoms with Crippen LogP contribution in [0.2, 0.25) is 0 Å². The van der Waals surface area contributed by atoms with E-state index in [-0.39, 0.29) is 12.3 Å². The maximum Gasteiger partial charge on any atom is 0.354 e. The first-order valence-corrected chi connectivity index (χ1v) is 3.59. The molecule has 2 N–H and O–H groups in total. The second-order valence-electron chi connectivity index (χ2n) is 2.30. The Balaban J connectivity index is 3.16. The lowest BCUT2D eigenvalue weighted by Gasteiger charge is -2.00. The monoisotopic (exact) mass is 170 g/mol. The van der Waals surface area contributed by atoms with Gasteiger partial charge in [0.15, 0.2) is 5.69 Å². The molecule has 1 aromatic rings. The van der Waals surface area contributed by atoms with Crippen LogP contribution in [-0.4, -0.2) is 26.0 Å². The normalized spacial score (nSPS) is 10.2. The van der Waals surface area contributed by atoms with Gasteiger partial charge in [0.05, 0.1) is 12.8 Å². The molecule has 0 aromatic carbocycles. The minimum Gasteiger partial charge on any atom is -0.477 e. The van der Waals surface area contributed by atoms with Crippen LogP contribution < -0.4 is 0 Å². The van der Waals surface area contributed by atoms with E-state index in [1.165, 1.54) is 10.9 Å². The highest BCUT2D eigenvalue weighted by Crippen LogP contribution is 2.07. The number of aliphatic hydroxyl groups excluding tert-OH is 1. The van der Waals surface area contributed by atoms with Crippen LogP contribution in [0.25, 0.3) is 0 Å². The van der Waals surface area contributed by atoms with Gasteiger partial charge in [-0.1, -0.05) is 0 Å². The van der Waals surface area contributed by atoms with E-state index in [1.807, 2.05) is 0 Å². The summed E-state index contributed by atoms with van der Waals surface area (Å²) >= 11 is 0. The van der Waals surface area contributed by atoms with Gasteiger partial charge in [-0.2, -0.15) is 5.10 Å². The molecule has 0 aliphatic heterocycles. The number of aromatic carboxylic acids is 1. The quantitative estimate of drug-likeness (QED) is 0.674. The molecule has 5 heteroatoms. The van der Waals surface area contributed by atoms with Crippen LogP contribution >= 0.6 is 0 Å². The summed E-state index contributed by atoms with van der Waals surface area (Å²) in [7, 11) is 0. The Labute approximate surface area is 69.2 Å². The zero-order valence-corrected chi connectivity index (χ0v) is 6.69. The van der Waals surface area contributed by atoms with Gasteiger partial charge in [0.1, 0.15) is 0 Å². The largest absolute Gasteiger partial charge is 0.477 e. The summed E-state index contributed by atoms with van der Waals surface area (Å²) in [6.45, 7) is 1.99. The lowest BCUT2D eigenvalue weighted by Crippen LogP contribution is -2.10. The molecule has 0 spiro atoms. The lowest BCUT2D eigenvalue weighted by molar-refractivity contribution is 0.0679. The smallest absolute Gasteiger partial charge is 0.354 e. The Kier molecular flexibility index (Phi) is 2.44. The second-order valence-corrected chi connectivity index (χ2v) is 2.30. The Hall–Kier alpha value is -1.36. The molecular formula is C7H10N2O3. The van der Waals surface area contributed by atoms with Crippen LogP contribution in [0.3, 0.4) is 0 Å². The van der Waals surface area contributed by atoms with E-state index < -0.39 is 5.97 Å². The number of aromatic nitrogens is 2. The number of carboxylic acid groups (broad SMARTS) is 1. The van der Waals surface area contributed by atoms with E-state index in [4.69, 9.17) is 10.2 Å². The van der Waals surface area contributed by atoms with E-state index in [0.717, 1.165) is 0 Å². The third kappa shape index (κ3) is 1.31. The van der Waals surface area contributed by atoms with Crippen molar-refractivity contribution in [3.63, 3.8) is 0 Å². The van der Waals surface area contributed by atoms with Crippen molar-refractivity contribution in [2.75, 3.05) is 0 Å². The highest BCUT2D eigenvalue weighted by atomic mass is 16.4. The minimum absolute atomic E-state index is 0.0694. The summed E-state index contributed by atoms with van der Waals surface area (Å²) in [6, 6.07) is 0. The van der Waals surface area contributed by atoms with Crippen molar-refractivity contribution in [1.29, 1.82) is 0 Å². The topological polar surface area (TPSA) is 75.3 Å². The minimum atomic E-state index is -1.06. The molecule has 0 saturated carbocycles. The maximum absolute atomic E-state index is 10.6. The first-order chi connectivity index (χ1) is 5.70. The molecule has 0 bridgehead atoms. The van der Waals surface area contributed by atoms with Crippen LogP contribution in [0.15, 0.2) is 6.20 Å². The summed E-state index contributed by atoms with van der Waals surface area (Å²) in [5.41, 5.74) is 0.421. The lowest BCUT2D eigenvalue weighted by atomic mass is 10.2. The summed E-state index contributed by atoms with van der Waals surface area (Å²) in [6.07, 6.45) is 1.37. The molecule has 1 rings (SSSR count). The zero-order chi connectivity index (χ0) is 9.14. The summed E-state index contributed by atoms with van der Waals surface area (Å²) < 4.78 is 1.34. The van der Waals surface area contributed by atoms with Gasteiger partial charge in [-0.25, -0.2) is 4.79 Å². The number of hydrogen-bond donors (Lipinski definition) is 2. The van der Waals surface area contributed by atoms with Crippen molar-refractivity contribution < 1.29 is 15.0 Å². The molecule has 0 aliphatic carbocycles. The average molecular weight is 170 g/mol. The third-order valence-corrected chi connectivity index (χ3v) is 1.59. The van der Waals surface area contributed by atoms with E-state index >= 15 is 0 Å². The van der Waals surface area contributed by atoms with Gasteiger partial charge in [-0.15, -0.1) is 0 Å². The van der Waals surface area contributed by atoms with E-state index in [1.54, 1.807) is 6.92 Å². The molecule has 1 heterocycles. The van der Waals surface area contributed by atoms with Crippen LogP contribution in [0, 0.1) is 0 Å². The van der Waals surface area contributed by atoms with Crippen LogP contribution in [0.5, 0.6) is 0 Å². The molecule has 1 aromatic heterocycles. The van der Waals surface area contributed by atoms with Gasteiger partial charge in [-0.3, -0.25) is 4.68 Å². The number of carbonyl (C=O) groups is 1. The predicted molar refractivity (Wildman–Crippen MR) is 40.8 cm³/mol. The molecule has 0 radical (unpaired) electrons. The van der Waals surface area contributed by atoms with Crippen molar-refractivity contribution in [1.82, 2.24) is 9.78 Å². The fourth-order valence-corrected chi connectivity index (χ4v) is 1.03. The standard InChI is InChI=1S/C7H10N2O3/c1-2-9-6(7(11)12)5(4-10)3-8-9/h3,10H,2,4H2,1H3,(H,11,12). The number of nitrogens with zero attached hydrogens (tertiary/aromatic N) is 2. The maximum atomic E-state index is 10.6. The number of aryl methyl sites for hydroxylation is 1. The fourth-order valence-electron chi connectivity index (χ4n) is 1.03. The number of rotatable bonds is 3. The number of aliphatic hydroxyl groups is 1. The molecule has 12 heavy (non-hydrogen) atoms. The molecule has 0 amide bonds. The van der Waals surface area contributed by atoms with Crippen molar-refractivity contribution in [3.8, 4) is 0 Å². The Morgan fingerprint density at radius 3 is 2.83 bits per heavy atom. The molecule has 0 fully saturated rings. The van der Waals surface area contributed by atoms with Gasteiger partial charge >= 0.3 is 5.97 Å². The Bertz CT molecular complexity index is 271. The highest BCUT2D eigenvalue weighted by molar-refractivity contribution is 5.87. The van der Waals surface area contributed by atoms with Crippen molar-refractivity contribution >= 4 is 5.97 Å². The molecule has 0 atom stereocenters. The van der Waals surface area contributed by atoms with E-state index in [9.17, 15) is 4.79 Å². The van der Waals surface area contributed by atoms with E-state index in [0.29, 0.717) is 12.1 Å². The molecule has 0 unspecified atom stereocenters. The molecule has 0 saturated heterocycles. The summed E-state index contributed by atoms with van der Waals surface area (Å²) in [5, 5.41) is 21.3. The average Bonchev–Trinajstić information content (AvgIpc) is 2.46.